The molecule has 18 heavy (non-hydrogen) atoms. The van der Waals surface area contributed by atoms with Crippen LogP contribution in [-0.4, -0.2) is 16.7 Å². The second kappa shape index (κ2) is 5.38. The summed E-state index contributed by atoms with van der Waals surface area (Å²) in [5.41, 5.74) is 6.15. The first-order valence-electron chi connectivity index (χ1n) is 5.14. The predicted octanol–water partition coefficient (Wildman–Crippen LogP) is 2.05. The van der Waals surface area contributed by atoms with Gasteiger partial charge in [-0.05, 0) is 11.4 Å². The molecule has 0 fully saturated rings. The van der Waals surface area contributed by atoms with E-state index in [0.29, 0.717) is 10.8 Å². The van der Waals surface area contributed by atoms with Gasteiger partial charge < -0.3 is 11.1 Å². The van der Waals surface area contributed by atoms with E-state index in [-0.39, 0.29) is 11.7 Å². The number of thiazole rings is 1. The molecule has 2 rings (SSSR count). The second-order valence-electron chi connectivity index (χ2n) is 3.58. The number of aromatic nitrogens is 1. The number of nitrogens with one attached hydrogen (secondary N) is 1. The van der Waals surface area contributed by atoms with Gasteiger partial charge in [0.2, 0.25) is 5.91 Å². The highest BCUT2D eigenvalue weighted by atomic mass is 32.1. The largest absolute Gasteiger partial charge is 0.316 e. The molecule has 0 bridgehead atoms. The van der Waals surface area contributed by atoms with Gasteiger partial charge in [0, 0.05) is 17.2 Å². The highest BCUT2D eigenvalue weighted by Gasteiger charge is 2.18. The minimum atomic E-state index is -0.713. The number of amides is 1. The summed E-state index contributed by atoms with van der Waals surface area (Å²) < 4.78 is 0. The first-order valence-corrected chi connectivity index (χ1v) is 6.90. The number of Topliss-reactive ketones (excluding diaryl/α,β-unsaturated/α-hetero) is 1. The van der Waals surface area contributed by atoms with Gasteiger partial charge in [0.15, 0.2) is 10.9 Å². The van der Waals surface area contributed by atoms with Crippen molar-refractivity contribution < 1.29 is 9.59 Å². The molecular formula is C11H11N3O2S2. The van der Waals surface area contributed by atoms with E-state index in [0.717, 1.165) is 4.88 Å². The summed E-state index contributed by atoms with van der Waals surface area (Å²) in [7, 11) is 0. The third-order valence-corrected chi connectivity index (χ3v) is 3.94. The first-order chi connectivity index (χ1) is 8.58. The van der Waals surface area contributed by atoms with Gasteiger partial charge in [0.25, 0.3) is 0 Å². The molecular weight excluding hydrogens is 270 g/mol. The van der Waals surface area contributed by atoms with E-state index in [2.05, 4.69) is 10.3 Å². The van der Waals surface area contributed by atoms with E-state index in [1.165, 1.54) is 29.6 Å². The summed E-state index contributed by atoms with van der Waals surface area (Å²) in [6, 6.07) is 2.93. The van der Waals surface area contributed by atoms with Crippen molar-refractivity contribution in [2.75, 3.05) is 5.32 Å². The molecule has 0 aliphatic carbocycles. The molecule has 0 aliphatic heterocycles. The Morgan fingerprint density at radius 2 is 2.22 bits per heavy atom. The van der Waals surface area contributed by atoms with Crippen LogP contribution >= 0.6 is 22.7 Å². The fraction of sp³-hybridized carbons (Fsp3) is 0.182. The molecule has 7 heteroatoms. The minimum absolute atomic E-state index is 0.130. The van der Waals surface area contributed by atoms with Crippen LogP contribution < -0.4 is 11.1 Å². The summed E-state index contributed by atoms with van der Waals surface area (Å²) in [6.45, 7) is 1.43. The van der Waals surface area contributed by atoms with Crippen molar-refractivity contribution >= 4 is 39.5 Å². The lowest BCUT2D eigenvalue weighted by atomic mass is 10.2. The molecule has 2 aromatic rings. The van der Waals surface area contributed by atoms with E-state index < -0.39 is 6.04 Å². The molecule has 2 aromatic heterocycles. The minimum Gasteiger partial charge on any atom is -0.316 e. The van der Waals surface area contributed by atoms with E-state index >= 15 is 0 Å². The number of hydrogen-bond acceptors (Lipinski definition) is 6. The standard InChI is InChI=1S/C11H11N3O2S2/c1-6(15)7-5-18-11(13-7)14-10(16)9(12)8-3-2-4-17-8/h2-5,9H,12H2,1H3,(H,13,14,16). The highest BCUT2D eigenvalue weighted by Crippen LogP contribution is 2.20. The Hall–Kier alpha value is -1.57. The molecule has 94 valence electrons. The molecule has 1 atom stereocenters. The van der Waals surface area contributed by atoms with Crippen molar-refractivity contribution in [3.63, 3.8) is 0 Å². The maximum absolute atomic E-state index is 11.8. The topological polar surface area (TPSA) is 85.1 Å². The van der Waals surface area contributed by atoms with Gasteiger partial charge in [-0.25, -0.2) is 4.98 Å². The van der Waals surface area contributed by atoms with E-state index in [9.17, 15) is 9.59 Å². The van der Waals surface area contributed by atoms with Crippen LogP contribution in [0.4, 0.5) is 5.13 Å². The quantitative estimate of drug-likeness (QED) is 0.840. The zero-order chi connectivity index (χ0) is 13.1. The van der Waals surface area contributed by atoms with Crippen LogP contribution in [0.25, 0.3) is 0 Å². The summed E-state index contributed by atoms with van der Waals surface area (Å²) in [6.07, 6.45) is 0. The predicted molar refractivity (Wildman–Crippen MR) is 72.0 cm³/mol. The van der Waals surface area contributed by atoms with Gasteiger partial charge in [-0.3, -0.25) is 9.59 Å². The average molecular weight is 281 g/mol. The Morgan fingerprint density at radius 1 is 1.44 bits per heavy atom. The molecule has 1 unspecified atom stereocenters. The van der Waals surface area contributed by atoms with Gasteiger partial charge in [-0.15, -0.1) is 22.7 Å². The van der Waals surface area contributed by atoms with E-state index in [1.807, 2.05) is 11.4 Å². The van der Waals surface area contributed by atoms with Gasteiger partial charge in [-0.2, -0.15) is 0 Å². The number of hydrogen-bond donors (Lipinski definition) is 2. The van der Waals surface area contributed by atoms with Gasteiger partial charge in [0.05, 0.1) is 0 Å². The number of nitrogens with zero attached hydrogens (tertiary/aromatic N) is 1. The summed E-state index contributed by atoms with van der Waals surface area (Å²) in [4.78, 5) is 27.7. The molecule has 5 nitrogen and oxygen atoms in total. The SMILES string of the molecule is CC(=O)c1csc(NC(=O)C(N)c2cccs2)n1. The molecule has 0 aromatic carbocycles. The molecule has 0 aliphatic rings. The van der Waals surface area contributed by atoms with Gasteiger partial charge >= 0.3 is 0 Å². The Morgan fingerprint density at radius 3 is 2.78 bits per heavy atom. The van der Waals surface area contributed by atoms with Gasteiger partial charge in [0.1, 0.15) is 11.7 Å². The fourth-order valence-electron chi connectivity index (χ4n) is 1.27. The summed E-state index contributed by atoms with van der Waals surface area (Å²) >= 11 is 2.63. The maximum Gasteiger partial charge on any atom is 0.248 e. The number of rotatable bonds is 4. The molecule has 2 heterocycles. The zero-order valence-corrected chi connectivity index (χ0v) is 11.2. The van der Waals surface area contributed by atoms with Gasteiger partial charge in [-0.1, -0.05) is 6.07 Å². The Balaban J connectivity index is 2.04. The van der Waals surface area contributed by atoms with E-state index in [4.69, 9.17) is 5.73 Å². The number of carbonyl (C=O) groups is 2. The van der Waals surface area contributed by atoms with Crippen LogP contribution in [0.2, 0.25) is 0 Å². The zero-order valence-electron chi connectivity index (χ0n) is 9.54. The van der Waals surface area contributed by atoms with Crippen LogP contribution in [0.1, 0.15) is 28.3 Å². The lowest BCUT2D eigenvalue weighted by Crippen LogP contribution is -2.26. The number of carbonyl (C=O) groups excluding carboxylic acids is 2. The van der Waals surface area contributed by atoms with Crippen molar-refractivity contribution in [1.29, 1.82) is 0 Å². The van der Waals surface area contributed by atoms with Crippen LogP contribution in [-0.2, 0) is 4.79 Å². The third kappa shape index (κ3) is 2.81. The fourth-order valence-corrected chi connectivity index (χ4v) is 2.75. The first kappa shape index (κ1) is 12.9. The number of nitrogens with two attached hydrogens (primary N) is 1. The van der Waals surface area contributed by atoms with Crippen molar-refractivity contribution in [2.24, 2.45) is 5.73 Å². The molecule has 0 radical (unpaired) electrons. The third-order valence-electron chi connectivity index (χ3n) is 2.23. The molecule has 0 saturated carbocycles. The number of anilines is 1. The maximum atomic E-state index is 11.8. The Bertz CT molecular complexity index is 563. The average Bonchev–Trinajstić information content (AvgIpc) is 2.98. The van der Waals surface area contributed by atoms with E-state index in [1.54, 1.807) is 11.4 Å². The van der Waals surface area contributed by atoms with Crippen LogP contribution in [0.5, 0.6) is 0 Å². The van der Waals surface area contributed by atoms with Crippen molar-refractivity contribution in [3.05, 3.63) is 33.5 Å². The normalized spacial score (nSPS) is 12.1. The lowest BCUT2D eigenvalue weighted by molar-refractivity contribution is -0.117. The highest BCUT2D eigenvalue weighted by molar-refractivity contribution is 7.14. The molecule has 0 spiro atoms. The number of ketones is 1. The molecule has 3 N–H and O–H groups in total. The molecule has 1 amide bonds. The Kier molecular flexibility index (Phi) is 3.85. The number of thiophene rings is 1. The Labute approximate surface area is 112 Å². The summed E-state index contributed by atoms with van der Waals surface area (Å²) in [5, 5.41) is 6.46. The smallest absolute Gasteiger partial charge is 0.248 e. The van der Waals surface area contributed by atoms with Crippen molar-refractivity contribution in [1.82, 2.24) is 4.98 Å². The van der Waals surface area contributed by atoms with Crippen LogP contribution in [0, 0.1) is 0 Å². The van der Waals surface area contributed by atoms with Crippen molar-refractivity contribution in [2.45, 2.75) is 13.0 Å². The van der Waals surface area contributed by atoms with Crippen molar-refractivity contribution in [3.8, 4) is 0 Å². The lowest BCUT2D eigenvalue weighted by Gasteiger charge is -2.08. The van der Waals surface area contributed by atoms with Crippen LogP contribution in [0.15, 0.2) is 22.9 Å². The molecule has 0 saturated heterocycles. The summed E-state index contributed by atoms with van der Waals surface area (Å²) in [5.74, 6) is -0.462. The monoisotopic (exact) mass is 281 g/mol. The van der Waals surface area contributed by atoms with Crippen LogP contribution in [0.3, 0.4) is 0 Å². The second-order valence-corrected chi connectivity index (χ2v) is 5.41.